The highest BCUT2D eigenvalue weighted by Gasteiger charge is 2.17. The Morgan fingerprint density at radius 2 is 1.80 bits per heavy atom. The summed E-state index contributed by atoms with van der Waals surface area (Å²) in [6.45, 7) is 0.443. The number of hydrogen-bond donors (Lipinski definition) is 0. The molecule has 0 aliphatic rings. The van der Waals surface area contributed by atoms with Gasteiger partial charge in [-0.1, -0.05) is 6.07 Å². The zero-order valence-corrected chi connectivity index (χ0v) is 7.92. The number of benzene rings is 1. The highest BCUT2D eigenvalue weighted by atomic mass is 19.1. The fourth-order valence-electron chi connectivity index (χ4n) is 1.00. The number of carbonyl (C=O) groups is 2. The lowest BCUT2D eigenvalue weighted by atomic mass is 10.1. The van der Waals surface area contributed by atoms with Crippen LogP contribution < -0.4 is 0 Å². The summed E-state index contributed by atoms with van der Waals surface area (Å²) >= 11 is 0. The maximum atomic E-state index is 13.0. The highest BCUT2D eigenvalue weighted by molar-refractivity contribution is 5.98. The molecular weight excluding hydrogens is 206 g/mol. The summed E-state index contributed by atoms with van der Waals surface area (Å²) in [4.78, 5) is 21.6. The Kier molecular flexibility index (Phi) is 3.49. The van der Waals surface area contributed by atoms with Gasteiger partial charge in [-0.2, -0.15) is 0 Å². The lowest BCUT2D eigenvalue weighted by Crippen LogP contribution is -2.15. The molecule has 0 saturated carbocycles. The summed E-state index contributed by atoms with van der Waals surface area (Å²) < 4.78 is 30.4. The van der Waals surface area contributed by atoms with Gasteiger partial charge in [-0.05, 0) is 12.1 Å². The van der Waals surface area contributed by atoms with Gasteiger partial charge < -0.3 is 4.74 Å². The van der Waals surface area contributed by atoms with Gasteiger partial charge in [-0.3, -0.25) is 9.59 Å². The van der Waals surface area contributed by atoms with Crippen molar-refractivity contribution in [3.63, 3.8) is 0 Å². The van der Waals surface area contributed by atoms with Gasteiger partial charge in [0.25, 0.3) is 0 Å². The van der Waals surface area contributed by atoms with Gasteiger partial charge in [0.1, 0.15) is 11.6 Å². The lowest BCUT2D eigenvalue weighted by Gasteiger charge is -2.03. The quantitative estimate of drug-likeness (QED) is 0.568. The third-order valence-corrected chi connectivity index (χ3v) is 1.65. The standard InChI is InChI=1S/C10H8F2O3/c1-6(13)15-5-9(14)10-7(11)3-2-4-8(10)12/h2-4H,5H2,1H3. The molecule has 0 spiro atoms. The number of hydrogen-bond acceptors (Lipinski definition) is 3. The van der Waals surface area contributed by atoms with E-state index in [0.717, 1.165) is 25.1 Å². The molecule has 0 heterocycles. The van der Waals surface area contributed by atoms with Crippen molar-refractivity contribution in [2.75, 3.05) is 6.61 Å². The molecule has 0 N–H and O–H groups in total. The molecule has 0 radical (unpaired) electrons. The van der Waals surface area contributed by atoms with Crippen LogP contribution in [-0.2, 0) is 9.53 Å². The summed E-state index contributed by atoms with van der Waals surface area (Å²) in [5.74, 6) is -3.51. The molecule has 0 aromatic heterocycles. The topological polar surface area (TPSA) is 43.4 Å². The molecule has 15 heavy (non-hydrogen) atoms. The van der Waals surface area contributed by atoms with E-state index in [1.54, 1.807) is 0 Å². The maximum absolute atomic E-state index is 13.0. The van der Waals surface area contributed by atoms with Crippen LogP contribution >= 0.6 is 0 Å². The summed E-state index contributed by atoms with van der Waals surface area (Å²) in [5.41, 5.74) is -0.682. The summed E-state index contributed by atoms with van der Waals surface area (Å²) in [6, 6.07) is 3.07. The summed E-state index contributed by atoms with van der Waals surface area (Å²) in [7, 11) is 0. The number of Topliss-reactive ketones (excluding diaryl/α,β-unsaturated/α-hetero) is 1. The van der Waals surface area contributed by atoms with Gasteiger partial charge in [-0.15, -0.1) is 0 Å². The third-order valence-electron chi connectivity index (χ3n) is 1.65. The van der Waals surface area contributed by atoms with Crippen molar-refractivity contribution in [1.29, 1.82) is 0 Å². The van der Waals surface area contributed by atoms with Gasteiger partial charge in [-0.25, -0.2) is 8.78 Å². The van der Waals surface area contributed by atoms with Crippen LogP contribution in [0.25, 0.3) is 0 Å². The van der Waals surface area contributed by atoms with Crippen LogP contribution in [0.4, 0.5) is 8.78 Å². The molecule has 0 saturated heterocycles. The molecule has 3 nitrogen and oxygen atoms in total. The molecule has 0 bridgehead atoms. The third kappa shape index (κ3) is 2.83. The van der Waals surface area contributed by atoms with E-state index in [2.05, 4.69) is 4.74 Å². The second-order valence-electron chi connectivity index (χ2n) is 2.80. The van der Waals surface area contributed by atoms with E-state index in [4.69, 9.17) is 0 Å². The van der Waals surface area contributed by atoms with Gasteiger partial charge in [0.05, 0.1) is 5.56 Å². The van der Waals surface area contributed by atoms with Crippen LogP contribution in [0.5, 0.6) is 0 Å². The lowest BCUT2D eigenvalue weighted by molar-refractivity contribution is -0.139. The minimum Gasteiger partial charge on any atom is -0.457 e. The first-order valence-electron chi connectivity index (χ1n) is 4.13. The van der Waals surface area contributed by atoms with Crippen molar-refractivity contribution in [3.8, 4) is 0 Å². The van der Waals surface area contributed by atoms with Crippen molar-refractivity contribution in [3.05, 3.63) is 35.4 Å². The van der Waals surface area contributed by atoms with E-state index < -0.39 is 35.6 Å². The fraction of sp³-hybridized carbons (Fsp3) is 0.200. The Labute approximate surface area is 84.7 Å². The van der Waals surface area contributed by atoms with Crippen molar-refractivity contribution < 1.29 is 23.1 Å². The molecule has 1 rings (SSSR count). The van der Waals surface area contributed by atoms with Crippen molar-refractivity contribution in [2.24, 2.45) is 0 Å². The molecule has 0 aliphatic carbocycles. The van der Waals surface area contributed by atoms with Crippen LogP contribution in [0, 0.1) is 11.6 Å². The average molecular weight is 214 g/mol. The van der Waals surface area contributed by atoms with Crippen LogP contribution in [-0.4, -0.2) is 18.4 Å². The molecule has 0 aliphatic heterocycles. The molecule has 1 aromatic carbocycles. The smallest absolute Gasteiger partial charge is 0.303 e. The molecule has 0 unspecified atom stereocenters. The van der Waals surface area contributed by atoms with Crippen LogP contribution in [0.2, 0.25) is 0 Å². The van der Waals surface area contributed by atoms with E-state index in [-0.39, 0.29) is 0 Å². The Bertz CT molecular complexity index is 381. The van der Waals surface area contributed by atoms with Gasteiger partial charge >= 0.3 is 5.97 Å². The van der Waals surface area contributed by atoms with Crippen LogP contribution in [0.3, 0.4) is 0 Å². The predicted octanol–water partition coefficient (Wildman–Crippen LogP) is 1.71. The van der Waals surface area contributed by atoms with Gasteiger partial charge in [0, 0.05) is 6.92 Å². The van der Waals surface area contributed by atoms with Crippen LogP contribution in [0.1, 0.15) is 17.3 Å². The minimum atomic E-state index is -0.966. The van der Waals surface area contributed by atoms with E-state index in [1.807, 2.05) is 0 Å². The minimum absolute atomic E-state index is 0.660. The first-order chi connectivity index (χ1) is 7.02. The normalized spacial score (nSPS) is 9.80. The number of rotatable bonds is 3. The first kappa shape index (κ1) is 11.3. The Morgan fingerprint density at radius 3 is 2.27 bits per heavy atom. The molecular formula is C10H8F2O3. The molecule has 0 fully saturated rings. The van der Waals surface area contributed by atoms with Crippen molar-refractivity contribution in [1.82, 2.24) is 0 Å². The fourth-order valence-corrected chi connectivity index (χ4v) is 1.00. The maximum Gasteiger partial charge on any atom is 0.303 e. The number of ether oxygens (including phenoxy) is 1. The van der Waals surface area contributed by atoms with E-state index >= 15 is 0 Å². The number of carbonyl (C=O) groups excluding carboxylic acids is 2. The highest BCUT2D eigenvalue weighted by Crippen LogP contribution is 2.12. The van der Waals surface area contributed by atoms with E-state index in [1.165, 1.54) is 0 Å². The zero-order valence-electron chi connectivity index (χ0n) is 7.92. The predicted molar refractivity (Wildman–Crippen MR) is 47.3 cm³/mol. The molecule has 1 aromatic rings. The van der Waals surface area contributed by atoms with E-state index in [0.29, 0.717) is 0 Å². The van der Waals surface area contributed by atoms with Crippen LogP contribution in [0.15, 0.2) is 18.2 Å². The second kappa shape index (κ2) is 4.63. The Hall–Kier alpha value is -1.78. The largest absolute Gasteiger partial charge is 0.457 e. The SMILES string of the molecule is CC(=O)OCC(=O)c1c(F)cccc1F. The van der Waals surface area contributed by atoms with Gasteiger partial charge in [0.2, 0.25) is 5.78 Å². The molecule has 5 heteroatoms. The molecule has 0 atom stereocenters. The summed E-state index contributed by atoms with van der Waals surface area (Å²) in [6.07, 6.45) is 0. The average Bonchev–Trinajstić information content (AvgIpc) is 2.14. The van der Waals surface area contributed by atoms with Crippen molar-refractivity contribution >= 4 is 11.8 Å². The number of esters is 1. The number of ketones is 1. The molecule has 0 amide bonds. The monoisotopic (exact) mass is 214 g/mol. The molecule has 80 valence electrons. The Balaban J connectivity index is 2.86. The first-order valence-corrected chi connectivity index (χ1v) is 4.13. The van der Waals surface area contributed by atoms with Gasteiger partial charge in [0.15, 0.2) is 6.61 Å². The second-order valence-corrected chi connectivity index (χ2v) is 2.80. The summed E-state index contributed by atoms with van der Waals surface area (Å²) in [5, 5.41) is 0. The zero-order chi connectivity index (χ0) is 11.4. The number of halogens is 2. The Morgan fingerprint density at radius 1 is 1.27 bits per heavy atom. The van der Waals surface area contributed by atoms with Crippen molar-refractivity contribution in [2.45, 2.75) is 6.92 Å². The van der Waals surface area contributed by atoms with E-state index in [9.17, 15) is 18.4 Å².